The third-order valence-corrected chi connectivity index (χ3v) is 5.48. The number of carbonyl (C=O) groups is 3. The van der Waals surface area contributed by atoms with Crippen molar-refractivity contribution in [1.29, 1.82) is 0 Å². The molecule has 2 N–H and O–H groups in total. The summed E-state index contributed by atoms with van der Waals surface area (Å²) < 4.78 is 10.9. The fraction of sp³-hybridized carbons (Fsp3) is 0.250. The van der Waals surface area contributed by atoms with Crippen molar-refractivity contribution in [3.05, 3.63) is 82.9 Å². The van der Waals surface area contributed by atoms with Gasteiger partial charge >= 0.3 is 5.97 Å². The second-order valence-electron chi connectivity index (χ2n) is 8.40. The molecule has 2 amide bonds. The minimum absolute atomic E-state index is 0.0573. The fourth-order valence-electron chi connectivity index (χ4n) is 3.36. The average molecular weight is 475 g/mol. The van der Waals surface area contributed by atoms with E-state index in [9.17, 15) is 14.4 Å². The van der Waals surface area contributed by atoms with E-state index in [4.69, 9.17) is 9.47 Å². The molecule has 0 aromatic heterocycles. The van der Waals surface area contributed by atoms with E-state index < -0.39 is 18.5 Å². The van der Waals surface area contributed by atoms with E-state index in [0.717, 1.165) is 28.0 Å². The number of benzene rings is 3. The van der Waals surface area contributed by atoms with Gasteiger partial charge in [0.25, 0.3) is 5.91 Å². The summed E-state index contributed by atoms with van der Waals surface area (Å²) in [7, 11) is 0. The van der Waals surface area contributed by atoms with Crippen LogP contribution in [-0.4, -0.2) is 24.4 Å². The lowest BCUT2D eigenvalue weighted by Gasteiger charge is -2.12. The first kappa shape index (κ1) is 25.5. The summed E-state index contributed by atoms with van der Waals surface area (Å²) in [5.41, 5.74) is 5.47. The number of aryl methyl sites for hydroxylation is 4. The minimum Gasteiger partial charge on any atom is -0.457 e. The Bertz CT molecular complexity index is 1200. The van der Waals surface area contributed by atoms with Gasteiger partial charge in [0.1, 0.15) is 11.5 Å². The number of hydrogen-bond donors (Lipinski definition) is 2. The van der Waals surface area contributed by atoms with Crippen molar-refractivity contribution in [2.24, 2.45) is 0 Å². The standard InChI is InChI=1S/C28H30N2O5/c1-18-8-9-23(16-21(18)4)30-26(32)17-34-27(33)15-14-25(31)29-22-10-12-24(13-11-22)35-28-19(2)6-5-7-20(28)3/h5-13,16H,14-15,17H2,1-4H3,(H,29,31)(H,30,32). The summed E-state index contributed by atoms with van der Waals surface area (Å²) in [5, 5.41) is 5.42. The van der Waals surface area contributed by atoms with Crippen LogP contribution in [0.15, 0.2) is 60.7 Å². The van der Waals surface area contributed by atoms with Crippen LogP contribution >= 0.6 is 0 Å². The molecule has 0 bridgehead atoms. The zero-order chi connectivity index (χ0) is 25.4. The number of carbonyl (C=O) groups excluding carboxylic acids is 3. The van der Waals surface area contributed by atoms with E-state index >= 15 is 0 Å². The molecule has 3 aromatic carbocycles. The highest BCUT2D eigenvalue weighted by atomic mass is 16.5. The van der Waals surface area contributed by atoms with Gasteiger partial charge in [-0.1, -0.05) is 24.3 Å². The lowest BCUT2D eigenvalue weighted by atomic mass is 10.1. The smallest absolute Gasteiger partial charge is 0.306 e. The summed E-state index contributed by atoms with van der Waals surface area (Å²) >= 11 is 0. The summed E-state index contributed by atoms with van der Waals surface area (Å²) in [6, 6.07) is 18.5. The van der Waals surface area contributed by atoms with Gasteiger partial charge in [0.2, 0.25) is 5.91 Å². The van der Waals surface area contributed by atoms with Crippen LogP contribution in [0.4, 0.5) is 11.4 Å². The van der Waals surface area contributed by atoms with Crippen LogP contribution in [0, 0.1) is 27.7 Å². The summed E-state index contributed by atoms with van der Waals surface area (Å²) in [6.45, 7) is 7.49. The molecule has 0 aliphatic heterocycles. The van der Waals surface area contributed by atoms with E-state index in [0.29, 0.717) is 17.1 Å². The SMILES string of the molecule is Cc1ccc(NC(=O)COC(=O)CCC(=O)Nc2ccc(Oc3c(C)cccc3C)cc2)cc1C. The molecule has 0 heterocycles. The molecule has 182 valence electrons. The van der Waals surface area contributed by atoms with Gasteiger partial charge in [0, 0.05) is 17.8 Å². The van der Waals surface area contributed by atoms with Crippen molar-refractivity contribution in [2.75, 3.05) is 17.2 Å². The lowest BCUT2D eigenvalue weighted by molar-refractivity contribution is -0.147. The Morgan fingerprint density at radius 2 is 1.31 bits per heavy atom. The quantitative estimate of drug-likeness (QED) is 0.393. The normalized spacial score (nSPS) is 10.4. The molecule has 3 rings (SSSR count). The third kappa shape index (κ3) is 7.71. The zero-order valence-corrected chi connectivity index (χ0v) is 20.4. The van der Waals surface area contributed by atoms with E-state index in [1.54, 1.807) is 30.3 Å². The Balaban J connectivity index is 1.39. The molecule has 7 nitrogen and oxygen atoms in total. The molecule has 0 saturated heterocycles. The van der Waals surface area contributed by atoms with E-state index in [2.05, 4.69) is 10.6 Å². The Hall–Kier alpha value is -4.13. The molecular weight excluding hydrogens is 444 g/mol. The van der Waals surface area contributed by atoms with Gasteiger partial charge in [-0.25, -0.2) is 0 Å². The van der Waals surface area contributed by atoms with E-state index in [-0.39, 0.29) is 18.7 Å². The van der Waals surface area contributed by atoms with Crippen LogP contribution in [0.1, 0.15) is 35.1 Å². The number of anilines is 2. The molecule has 0 radical (unpaired) electrons. The van der Waals surface area contributed by atoms with Gasteiger partial charge in [-0.15, -0.1) is 0 Å². The molecule has 0 aliphatic carbocycles. The van der Waals surface area contributed by atoms with Crippen molar-refractivity contribution in [3.8, 4) is 11.5 Å². The number of para-hydroxylation sites is 1. The summed E-state index contributed by atoms with van der Waals surface area (Å²) in [5.74, 6) is 0.0837. The molecule has 7 heteroatoms. The number of rotatable bonds is 9. The topological polar surface area (TPSA) is 93.7 Å². The fourth-order valence-corrected chi connectivity index (χ4v) is 3.36. The zero-order valence-electron chi connectivity index (χ0n) is 20.4. The monoisotopic (exact) mass is 474 g/mol. The molecule has 3 aromatic rings. The van der Waals surface area contributed by atoms with Gasteiger partial charge in [0.15, 0.2) is 6.61 Å². The molecule has 0 aliphatic rings. The highest BCUT2D eigenvalue weighted by Gasteiger charge is 2.12. The van der Waals surface area contributed by atoms with Crippen LogP contribution in [0.5, 0.6) is 11.5 Å². The highest BCUT2D eigenvalue weighted by Crippen LogP contribution is 2.29. The molecule has 35 heavy (non-hydrogen) atoms. The van der Waals surface area contributed by atoms with Crippen LogP contribution in [0.2, 0.25) is 0 Å². The summed E-state index contributed by atoms with van der Waals surface area (Å²) in [4.78, 5) is 36.1. The number of hydrogen-bond acceptors (Lipinski definition) is 5. The number of amides is 2. The van der Waals surface area contributed by atoms with Crippen LogP contribution in [-0.2, 0) is 19.1 Å². The van der Waals surface area contributed by atoms with Crippen molar-refractivity contribution in [1.82, 2.24) is 0 Å². The molecule has 0 spiro atoms. The minimum atomic E-state index is -0.618. The average Bonchev–Trinajstić information content (AvgIpc) is 2.82. The number of nitrogens with one attached hydrogen (secondary N) is 2. The van der Waals surface area contributed by atoms with E-state index in [1.165, 1.54) is 0 Å². The Kier molecular flexibility index (Phi) is 8.62. The number of ether oxygens (including phenoxy) is 2. The van der Waals surface area contributed by atoms with Crippen LogP contribution < -0.4 is 15.4 Å². The van der Waals surface area contributed by atoms with Gasteiger partial charge in [-0.2, -0.15) is 0 Å². The first-order valence-corrected chi connectivity index (χ1v) is 11.4. The first-order chi connectivity index (χ1) is 16.7. The second-order valence-corrected chi connectivity index (χ2v) is 8.40. The third-order valence-electron chi connectivity index (χ3n) is 5.48. The van der Waals surface area contributed by atoms with Crippen LogP contribution in [0.25, 0.3) is 0 Å². The number of esters is 1. The largest absolute Gasteiger partial charge is 0.457 e. The molecule has 0 saturated carbocycles. The van der Waals surface area contributed by atoms with Gasteiger partial charge in [0.05, 0.1) is 6.42 Å². The molecular formula is C28H30N2O5. The Labute approximate surface area is 205 Å². The van der Waals surface area contributed by atoms with Gasteiger partial charge < -0.3 is 20.1 Å². The van der Waals surface area contributed by atoms with Crippen LogP contribution in [0.3, 0.4) is 0 Å². The van der Waals surface area contributed by atoms with Gasteiger partial charge in [-0.05, 0) is 86.3 Å². The van der Waals surface area contributed by atoms with Crippen molar-refractivity contribution in [2.45, 2.75) is 40.5 Å². The molecule has 0 atom stereocenters. The molecule has 0 fully saturated rings. The lowest BCUT2D eigenvalue weighted by Crippen LogP contribution is -2.21. The predicted molar refractivity (Wildman–Crippen MR) is 136 cm³/mol. The second kappa shape index (κ2) is 11.8. The maximum atomic E-state index is 12.2. The maximum Gasteiger partial charge on any atom is 0.306 e. The first-order valence-electron chi connectivity index (χ1n) is 11.4. The van der Waals surface area contributed by atoms with Gasteiger partial charge in [-0.3, -0.25) is 14.4 Å². The molecule has 0 unspecified atom stereocenters. The highest BCUT2D eigenvalue weighted by molar-refractivity contribution is 5.94. The Morgan fingerprint density at radius 3 is 1.97 bits per heavy atom. The predicted octanol–water partition coefficient (Wildman–Crippen LogP) is 5.61. The van der Waals surface area contributed by atoms with Crippen molar-refractivity contribution in [3.63, 3.8) is 0 Å². The van der Waals surface area contributed by atoms with Crippen molar-refractivity contribution >= 4 is 29.2 Å². The maximum absolute atomic E-state index is 12.2. The van der Waals surface area contributed by atoms with E-state index in [1.807, 2.05) is 58.0 Å². The summed E-state index contributed by atoms with van der Waals surface area (Å²) in [6.07, 6.45) is -0.186. The Morgan fingerprint density at radius 1 is 0.686 bits per heavy atom. The van der Waals surface area contributed by atoms with Crippen molar-refractivity contribution < 1.29 is 23.9 Å².